The topological polar surface area (TPSA) is 219 Å². The van der Waals surface area contributed by atoms with Crippen LogP contribution in [0.25, 0.3) is 0 Å². The average molecular weight is 1320 g/mol. The summed E-state index contributed by atoms with van der Waals surface area (Å²) in [7, 11) is 1.60. The molecule has 0 bridgehead atoms. The summed E-state index contributed by atoms with van der Waals surface area (Å²) in [5.41, 5.74) is 7.80. The Kier molecular flexibility index (Phi) is 20.7. The van der Waals surface area contributed by atoms with Crippen LogP contribution in [-0.2, 0) is 54.7 Å². The van der Waals surface area contributed by atoms with Gasteiger partial charge in [0.2, 0.25) is 11.8 Å². The second-order valence-electron chi connectivity index (χ2n) is 28.7. The normalized spacial score (nSPS) is 19.5. The van der Waals surface area contributed by atoms with Crippen molar-refractivity contribution < 1.29 is 62.4 Å². The number of anilines is 2. The van der Waals surface area contributed by atoms with Crippen molar-refractivity contribution in [3.8, 4) is 29.1 Å². The number of hydrogen-bond acceptors (Lipinski definition) is 13. The molecule has 12 rings (SSSR count). The van der Waals surface area contributed by atoms with E-state index >= 15 is 0 Å². The predicted octanol–water partition coefficient (Wildman–Crippen LogP) is 12.1. The highest BCUT2D eigenvalue weighted by atomic mass is 16.6. The molecule has 2 spiro atoms. The van der Waals surface area contributed by atoms with E-state index in [1.165, 1.54) is 17.7 Å². The number of carbonyl (C=O) groups excluding carboxylic acids is 8. The van der Waals surface area contributed by atoms with Crippen molar-refractivity contribution in [2.45, 2.75) is 194 Å². The first kappa shape index (κ1) is 68.1. The number of nitrogens with zero attached hydrogens (tertiary/aromatic N) is 4. The zero-order valence-corrected chi connectivity index (χ0v) is 56.7. The number of Topliss-reactive ketones (excluding diaryl/α,β-unsaturated/α-hetero) is 3. The van der Waals surface area contributed by atoms with Crippen molar-refractivity contribution in [3.05, 3.63) is 147 Å². The zero-order valence-electron chi connectivity index (χ0n) is 56.7. The molecule has 2 N–H and O–H groups in total. The summed E-state index contributed by atoms with van der Waals surface area (Å²) >= 11 is 0. The number of hydrogen-bond donors (Lipinski definition) is 2. The van der Waals surface area contributed by atoms with Crippen LogP contribution in [0.1, 0.15) is 196 Å². The maximum Gasteiger partial charge on any atom is 0.416 e. The number of unbranched alkanes of at least 4 members (excludes halogenated alkanes) is 4. The van der Waals surface area contributed by atoms with Crippen LogP contribution in [-0.4, -0.2) is 120 Å². The Morgan fingerprint density at radius 2 is 1.31 bits per heavy atom. The molecule has 510 valence electrons. The van der Waals surface area contributed by atoms with E-state index in [1.807, 2.05) is 81.4 Å². The number of aryl methyl sites for hydroxylation is 2. The van der Waals surface area contributed by atoms with E-state index in [0.717, 1.165) is 79.4 Å². The van der Waals surface area contributed by atoms with Crippen LogP contribution < -0.4 is 29.3 Å². The summed E-state index contributed by atoms with van der Waals surface area (Å²) in [5, 5.41) is 15.0. The van der Waals surface area contributed by atoms with Crippen LogP contribution in [0.4, 0.5) is 16.2 Å². The van der Waals surface area contributed by atoms with Gasteiger partial charge in [0.05, 0.1) is 55.9 Å². The molecular formula is C79H91N5O13. The van der Waals surface area contributed by atoms with Crippen LogP contribution in [0, 0.1) is 41.4 Å². The van der Waals surface area contributed by atoms with Gasteiger partial charge in [-0.15, -0.1) is 0 Å². The highest BCUT2D eigenvalue weighted by Gasteiger charge is 2.58. The Balaban J connectivity index is 0.578. The minimum Gasteiger partial charge on any atom is -0.493 e. The number of rotatable bonds is 28. The van der Waals surface area contributed by atoms with E-state index in [0.29, 0.717) is 116 Å². The molecule has 2 saturated heterocycles. The molecule has 5 atom stereocenters. The SMILES string of the molecule is COc1cc2c(cc1OCCCCCOc1cc3c(cc1C)C(=O)N1CC4(CC4)C[C@H]1C(O)N3C(=O)OCc1ccc(CC(=O)[C@H](C)NC(=O)[C@@H](CC(=O)CCCCCC(=O)CCC(=O)N3Cc4ccccc4C#Cc4ccccc43)C(C)C)cc1)CC[C@@H]1CC3(CC3)CN1C2=O. The van der Waals surface area contributed by atoms with Crippen LogP contribution in [0.5, 0.6) is 17.2 Å². The van der Waals surface area contributed by atoms with Crippen molar-refractivity contribution in [2.24, 2.45) is 22.7 Å². The largest absolute Gasteiger partial charge is 0.493 e. The molecule has 5 aliphatic heterocycles. The standard InChI is InChI=1S/C79H91N5O13/c1-50(2)62(41-61(86)20-9-6-8-19-60(85)30-31-72(88)81-46-58-18-11-10-16-55(58)26-27-56-17-12-13-21-65(56)81)73(89)80-52(4)68(87)39-53-22-24-54(25-23-53)47-97-77(93)84-66-43-69(51(3)38-64(66)75(91)83-49-79(34-35-79)45-67(83)76(84)92)95-36-14-7-15-37-96-71-40-57-28-29-59-44-78(32-33-78)48-82(59)74(90)63(57)42-70(71)94-5/h10-13,16-18,21-25,38,40,42-43,50,52,59,62,67,76,92H,6-9,14-15,19-20,28-37,39,41,44-49H2,1-5H3,(H,80,89)/t52-,59+,62-,67-,76?/m0/s1. The number of ether oxygens (including phenoxy) is 4. The highest BCUT2D eigenvalue weighted by Crippen LogP contribution is 2.58. The average Bonchev–Trinajstić information content (AvgIpc) is 1.58. The van der Waals surface area contributed by atoms with Gasteiger partial charge >= 0.3 is 6.09 Å². The monoisotopic (exact) mass is 1320 g/mol. The van der Waals surface area contributed by atoms with Crippen molar-refractivity contribution in [3.63, 3.8) is 0 Å². The number of nitrogens with one attached hydrogen (secondary N) is 1. The lowest BCUT2D eigenvalue weighted by Crippen LogP contribution is -2.50. The Morgan fingerprint density at radius 1 is 0.660 bits per heavy atom. The third-order valence-electron chi connectivity index (χ3n) is 21.3. The van der Waals surface area contributed by atoms with Crippen LogP contribution in [0.3, 0.4) is 0 Å². The van der Waals surface area contributed by atoms with Gasteiger partial charge in [0, 0.05) is 86.3 Å². The fourth-order valence-electron chi connectivity index (χ4n) is 14.9. The third kappa shape index (κ3) is 15.6. The molecule has 1 unspecified atom stereocenters. The highest BCUT2D eigenvalue weighted by molar-refractivity contribution is 6.06. The van der Waals surface area contributed by atoms with Gasteiger partial charge in [-0.3, -0.25) is 33.6 Å². The van der Waals surface area contributed by atoms with Crippen molar-refractivity contribution in [1.29, 1.82) is 0 Å². The molecular weight excluding hydrogens is 1230 g/mol. The van der Waals surface area contributed by atoms with Gasteiger partial charge < -0.3 is 44.1 Å². The molecule has 97 heavy (non-hydrogen) atoms. The van der Waals surface area contributed by atoms with E-state index in [4.69, 9.17) is 18.9 Å². The summed E-state index contributed by atoms with van der Waals surface area (Å²) in [4.78, 5) is 116. The molecule has 2 aliphatic carbocycles. The van der Waals surface area contributed by atoms with E-state index in [9.17, 15) is 43.5 Å². The minimum atomic E-state index is -1.39. The first-order valence-corrected chi connectivity index (χ1v) is 35.1. The van der Waals surface area contributed by atoms with Crippen molar-refractivity contribution >= 4 is 58.4 Å². The number of aliphatic hydroxyl groups excluding tert-OH is 1. The molecule has 5 aromatic carbocycles. The summed E-state index contributed by atoms with van der Waals surface area (Å²) in [6.07, 6.45) is 10.4. The summed E-state index contributed by atoms with van der Waals surface area (Å²) in [5.74, 6) is 6.31. The van der Waals surface area contributed by atoms with Crippen LogP contribution >= 0.6 is 0 Å². The number of methoxy groups -OCH3 is 1. The Morgan fingerprint density at radius 3 is 2.04 bits per heavy atom. The van der Waals surface area contributed by atoms with Crippen LogP contribution in [0.15, 0.2) is 97.1 Å². The molecule has 18 heteroatoms. The molecule has 4 fully saturated rings. The second-order valence-corrected chi connectivity index (χ2v) is 28.7. The van der Waals surface area contributed by atoms with Gasteiger partial charge in [0.1, 0.15) is 23.9 Å². The van der Waals surface area contributed by atoms with Crippen LogP contribution in [0.2, 0.25) is 0 Å². The number of benzene rings is 5. The molecule has 18 nitrogen and oxygen atoms in total. The lowest BCUT2D eigenvalue weighted by atomic mass is 9.88. The summed E-state index contributed by atoms with van der Waals surface area (Å²) in [6.45, 7) is 9.60. The third-order valence-corrected chi connectivity index (χ3v) is 21.3. The summed E-state index contributed by atoms with van der Waals surface area (Å²) in [6, 6.07) is 28.4. The number of fused-ring (bicyclic) bond motifs is 6. The number of ketones is 3. The number of amides is 5. The molecule has 0 radical (unpaired) electrons. The minimum absolute atomic E-state index is 0.00785. The van der Waals surface area contributed by atoms with E-state index in [-0.39, 0.29) is 102 Å². The molecule has 2 saturated carbocycles. The fourth-order valence-corrected chi connectivity index (χ4v) is 14.9. The van der Waals surface area contributed by atoms with Gasteiger partial charge in [-0.25, -0.2) is 9.69 Å². The smallest absolute Gasteiger partial charge is 0.416 e. The fraction of sp³-hybridized carbons (Fsp3) is 0.494. The van der Waals surface area contributed by atoms with Crippen molar-refractivity contribution in [1.82, 2.24) is 15.1 Å². The second kappa shape index (κ2) is 29.5. The summed E-state index contributed by atoms with van der Waals surface area (Å²) < 4.78 is 24.3. The van der Waals surface area contributed by atoms with Gasteiger partial charge in [0.25, 0.3) is 11.8 Å². The quantitative estimate of drug-likeness (QED) is 0.0352. The first-order chi connectivity index (χ1) is 46.8. The molecule has 0 aromatic heterocycles. The number of carbonyl (C=O) groups is 8. The van der Waals surface area contributed by atoms with Gasteiger partial charge in [0.15, 0.2) is 23.5 Å². The van der Waals surface area contributed by atoms with E-state index in [1.54, 1.807) is 60.2 Å². The first-order valence-electron chi connectivity index (χ1n) is 35.1. The number of para-hydroxylation sites is 1. The maximum absolute atomic E-state index is 14.4. The van der Waals surface area contributed by atoms with Gasteiger partial charge in [-0.05, 0) is 178 Å². The molecule has 5 aromatic rings. The van der Waals surface area contributed by atoms with Crippen molar-refractivity contribution in [2.75, 3.05) is 43.2 Å². The Hall–Kier alpha value is -8.82. The Bertz CT molecular complexity index is 3910. The van der Waals surface area contributed by atoms with E-state index < -0.39 is 30.3 Å². The van der Waals surface area contributed by atoms with Gasteiger partial charge in [-0.2, -0.15) is 0 Å². The predicted molar refractivity (Wildman–Crippen MR) is 366 cm³/mol. The van der Waals surface area contributed by atoms with Gasteiger partial charge in [-0.1, -0.05) is 86.7 Å². The number of aliphatic hydroxyl groups is 1. The lowest BCUT2D eigenvalue weighted by Gasteiger charge is -2.31. The zero-order chi connectivity index (χ0) is 68.1. The van der Waals surface area contributed by atoms with E-state index in [2.05, 4.69) is 22.1 Å². The maximum atomic E-state index is 14.4. The molecule has 5 amide bonds. The Labute approximate surface area is 569 Å². The lowest BCUT2D eigenvalue weighted by molar-refractivity contribution is -0.133. The molecule has 7 aliphatic rings. The molecule has 5 heterocycles.